The fraction of sp³-hybridized carbons (Fsp3) is 0.429. The number of thiocarbonyl (C=S) groups is 1. The molecule has 0 spiro atoms. The third-order valence-electron chi connectivity index (χ3n) is 2.76. The predicted octanol–water partition coefficient (Wildman–Crippen LogP) is 2.10. The van der Waals surface area contributed by atoms with E-state index in [2.05, 4.69) is 15.9 Å². The van der Waals surface area contributed by atoms with E-state index in [-0.39, 0.29) is 12.5 Å². The number of benzene rings is 1. The van der Waals surface area contributed by atoms with Gasteiger partial charge in [0.2, 0.25) is 0 Å². The number of ether oxygens (including phenoxy) is 2. The third-order valence-corrected chi connectivity index (χ3v) is 3.63. The predicted molar refractivity (Wildman–Crippen MR) is 90.8 cm³/mol. The van der Waals surface area contributed by atoms with Crippen molar-refractivity contribution in [1.82, 2.24) is 0 Å². The number of nitrogens with two attached hydrogens (primary N) is 1. The van der Waals surface area contributed by atoms with Gasteiger partial charge in [0.15, 0.2) is 0 Å². The summed E-state index contributed by atoms with van der Waals surface area (Å²) < 4.78 is 10.9. The molecule has 0 unspecified atom stereocenters. The topological polar surface area (TPSA) is 64.8 Å². The van der Waals surface area contributed by atoms with Crippen molar-refractivity contribution in [2.45, 2.75) is 6.92 Å². The first-order valence-electron chi connectivity index (χ1n) is 6.48. The SMILES string of the molecule is CCOC(=O)CN(CCOC)c1ccc(C(N)=S)cc1Br. The van der Waals surface area contributed by atoms with E-state index in [1.807, 2.05) is 23.1 Å². The molecule has 1 rings (SSSR count). The number of carbonyl (C=O) groups is 1. The second kappa shape index (κ2) is 8.96. The number of carbonyl (C=O) groups excluding carboxylic acids is 1. The normalized spacial score (nSPS) is 10.2. The summed E-state index contributed by atoms with van der Waals surface area (Å²) >= 11 is 8.44. The highest BCUT2D eigenvalue weighted by molar-refractivity contribution is 9.10. The Morgan fingerprint density at radius 1 is 1.48 bits per heavy atom. The number of hydrogen-bond acceptors (Lipinski definition) is 5. The zero-order valence-electron chi connectivity index (χ0n) is 12.1. The second-order valence-electron chi connectivity index (χ2n) is 4.25. The van der Waals surface area contributed by atoms with Gasteiger partial charge in [0.1, 0.15) is 11.5 Å². The molecular formula is C14H19BrN2O3S. The first-order chi connectivity index (χ1) is 9.99. The Morgan fingerprint density at radius 2 is 2.19 bits per heavy atom. The summed E-state index contributed by atoms with van der Waals surface area (Å²) in [6.45, 7) is 3.37. The fourth-order valence-electron chi connectivity index (χ4n) is 1.77. The summed E-state index contributed by atoms with van der Waals surface area (Å²) in [6, 6.07) is 5.53. The largest absolute Gasteiger partial charge is 0.465 e. The van der Waals surface area contributed by atoms with Crippen LogP contribution < -0.4 is 10.6 Å². The van der Waals surface area contributed by atoms with Gasteiger partial charge in [-0.25, -0.2) is 0 Å². The minimum absolute atomic E-state index is 0.155. The molecule has 0 aliphatic carbocycles. The zero-order valence-corrected chi connectivity index (χ0v) is 14.5. The van der Waals surface area contributed by atoms with Gasteiger partial charge in [0.05, 0.1) is 18.9 Å². The highest BCUT2D eigenvalue weighted by atomic mass is 79.9. The van der Waals surface area contributed by atoms with E-state index in [0.717, 1.165) is 15.7 Å². The molecule has 0 atom stereocenters. The summed E-state index contributed by atoms with van der Waals surface area (Å²) in [6.07, 6.45) is 0. The van der Waals surface area contributed by atoms with Gasteiger partial charge in [-0.3, -0.25) is 4.79 Å². The molecule has 0 saturated heterocycles. The highest BCUT2D eigenvalue weighted by Crippen LogP contribution is 2.27. The number of nitrogens with zero attached hydrogens (tertiary/aromatic N) is 1. The molecule has 1 aromatic carbocycles. The molecule has 0 aliphatic heterocycles. The standard InChI is InChI=1S/C14H19BrN2O3S/c1-3-20-13(18)9-17(6-7-19-2)12-5-4-10(14(16)21)8-11(12)15/h4-5,8H,3,6-7,9H2,1-2H3,(H2,16,21). The number of methoxy groups -OCH3 is 1. The summed E-state index contributed by atoms with van der Waals surface area (Å²) in [5, 5.41) is 0. The number of hydrogen-bond donors (Lipinski definition) is 1. The number of halogens is 1. The van der Waals surface area contributed by atoms with Crippen molar-refractivity contribution < 1.29 is 14.3 Å². The van der Waals surface area contributed by atoms with Crippen LogP contribution >= 0.6 is 28.1 Å². The average Bonchev–Trinajstić information content (AvgIpc) is 2.43. The van der Waals surface area contributed by atoms with E-state index in [1.165, 1.54) is 0 Å². The average molecular weight is 375 g/mol. The molecule has 0 aromatic heterocycles. The molecule has 0 aliphatic rings. The molecule has 0 amide bonds. The quantitative estimate of drug-likeness (QED) is 0.555. The lowest BCUT2D eigenvalue weighted by Gasteiger charge is -2.25. The van der Waals surface area contributed by atoms with Crippen molar-refractivity contribution in [2.75, 3.05) is 38.3 Å². The zero-order chi connectivity index (χ0) is 15.8. The van der Waals surface area contributed by atoms with Gasteiger partial charge >= 0.3 is 5.97 Å². The molecule has 5 nitrogen and oxygen atoms in total. The second-order valence-corrected chi connectivity index (χ2v) is 5.54. The molecule has 116 valence electrons. The summed E-state index contributed by atoms with van der Waals surface area (Å²) in [5.41, 5.74) is 7.24. The van der Waals surface area contributed by atoms with Crippen LogP contribution in [-0.4, -0.2) is 44.4 Å². The molecule has 0 radical (unpaired) electrons. The molecular weight excluding hydrogens is 356 g/mol. The lowest BCUT2D eigenvalue weighted by atomic mass is 10.2. The van der Waals surface area contributed by atoms with E-state index in [1.54, 1.807) is 14.0 Å². The molecule has 21 heavy (non-hydrogen) atoms. The summed E-state index contributed by atoms with van der Waals surface area (Å²) in [4.78, 5) is 13.9. The maximum Gasteiger partial charge on any atom is 0.325 e. The molecule has 0 heterocycles. The van der Waals surface area contributed by atoms with E-state index in [0.29, 0.717) is 24.7 Å². The number of esters is 1. The molecule has 2 N–H and O–H groups in total. The minimum atomic E-state index is -0.279. The van der Waals surface area contributed by atoms with Crippen LogP contribution in [0.4, 0.5) is 5.69 Å². The Bertz CT molecular complexity index is 511. The Morgan fingerprint density at radius 3 is 2.71 bits per heavy atom. The first-order valence-corrected chi connectivity index (χ1v) is 7.68. The van der Waals surface area contributed by atoms with Crippen molar-refractivity contribution in [1.29, 1.82) is 0 Å². The number of anilines is 1. The van der Waals surface area contributed by atoms with Gasteiger partial charge in [-0.2, -0.15) is 0 Å². The van der Waals surface area contributed by atoms with Crippen molar-refractivity contribution in [3.63, 3.8) is 0 Å². The smallest absolute Gasteiger partial charge is 0.325 e. The molecule has 0 fully saturated rings. The maximum atomic E-state index is 11.7. The minimum Gasteiger partial charge on any atom is -0.465 e. The van der Waals surface area contributed by atoms with Gasteiger partial charge in [0.25, 0.3) is 0 Å². The Labute approximate surface area is 138 Å². The Balaban J connectivity index is 2.96. The number of rotatable bonds is 8. The Hall–Kier alpha value is -1.18. The molecule has 0 bridgehead atoms. The van der Waals surface area contributed by atoms with Crippen LogP contribution in [0.1, 0.15) is 12.5 Å². The van der Waals surface area contributed by atoms with E-state index < -0.39 is 0 Å². The third kappa shape index (κ3) is 5.61. The maximum absolute atomic E-state index is 11.7. The van der Waals surface area contributed by atoms with Gasteiger partial charge in [-0.15, -0.1) is 0 Å². The van der Waals surface area contributed by atoms with Gasteiger partial charge in [-0.05, 0) is 41.1 Å². The van der Waals surface area contributed by atoms with Gasteiger partial charge in [-0.1, -0.05) is 12.2 Å². The fourth-order valence-corrected chi connectivity index (χ4v) is 2.52. The van der Waals surface area contributed by atoms with Crippen LogP contribution in [0.25, 0.3) is 0 Å². The summed E-state index contributed by atoms with van der Waals surface area (Å²) in [5.74, 6) is -0.279. The van der Waals surface area contributed by atoms with Gasteiger partial charge < -0.3 is 20.1 Å². The molecule has 7 heteroatoms. The van der Waals surface area contributed by atoms with Crippen molar-refractivity contribution in [3.05, 3.63) is 28.2 Å². The lowest BCUT2D eigenvalue weighted by molar-refractivity contribution is -0.141. The Kier molecular flexibility index (Phi) is 7.63. The molecule has 0 saturated carbocycles. The van der Waals surface area contributed by atoms with E-state index in [9.17, 15) is 4.79 Å². The van der Waals surface area contributed by atoms with Crippen molar-refractivity contribution in [3.8, 4) is 0 Å². The van der Waals surface area contributed by atoms with Crippen LogP contribution in [0.5, 0.6) is 0 Å². The van der Waals surface area contributed by atoms with Crippen molar-refractivity contribution in [2.24, 2.45) is 5.73 Å². The molecule has 1 aromatic rings. The van der Waals surface area contributed by atoms with Crippen molar-refractivity contribution >= 4 is 44.8 Å². The van der Waals surface area contributed by atoms with E-state index in [4.69, 9.17) is 27.4 Å². The van der Waals surface area contributed by atoms with Crippen LogP contribution in [0.15, 0.2) is 22.7 Å². The van der Waals surface area contributed by atoms with Crippen LogP contribution in [0, 0.1) is 0 Å². The monoisotopic (exact) mass is 374 g/mol. The highest BCUT2D eigenvalue weighted by Gasteiger charge is 2.15. The van der Waals surface area contributed by atoms with Crippen LogP contribution in [0.2, 0.25) is 0 Å². The first kappa shape index (κ1) is 17.9. The summed E-state index contributed by atoms with van der Waals surface area (Å²) in [7, 11) is 1.62. The van der Waals surface area contributed by atoms with E-state index >= 15 is 0 Å². The lowest BCUT2D eigenvalue weighted by Crippen LogP contribution is -2.34. The van der Waals surface area contributed by atoms with Crippen LogP contribution in [-0.2, 0) is 14.3 Å². The van der Waals surface area contributed by atoms with Gasteiger partial charge in [0, 0.05) is 23.7 Å². The van der Waals surface area contributed by atoms with Crippen LogP contribution in [0.3, 0.4) is 0 Å².